The van der Waals surface area contributed by atoms with Crippen molar-refractivity contribution in [1.82, 2.24) is 0 Å². The molecule has 3 rings (SSSR count). The first-order chi connectivity index (χ1) is 14.1. The maximum Gasteiger partial charge on any atom is 0.170 e. The molecule has 29 heavy (non-hydrogen) atoms. The number of Topliss-reactive ketones (excluding diaryl/α,β-unsaturated/α-hetero) is 1. The van der Waals surface area contributed by atoms with Crippen LogP contribution >= 0.6 is 0 Å². The summed E-state index contributed by atoms with van der Waals surface area (Å²) >= 11 is 0. The lowest BCUT2D eigenvalue weighted by Gasteiger charge is -2.31. The molecule has 1 saturated carbocycles. The zero-order valence-corrected chi connectivity index (χ0v) is 17.4. The van der Waals surface area contributed by atoms with Gasteiger partial charge in [0, 0.05) is 24.0 Å². The minimum Gasteiger partial charge on any atom is -0.496 e. The smallest absolute Gasteiger partial charge is 0.170 e. The molecule has 1 aliphatic rings. The Hall–Kier alpha value is -2.53. The Morgan fingerprint density at radius 2 is 1.69 bits per heavy atom. The molecular weight excluding hydrogens is 368 g/mol. The Labute approximate surface area is 172 Å². The van der Waals surface area contributed by atoms with Gasteiger partial charge in [0.15, 0.2) is 5.78 Å². The lowest BCUT2D eigenvalue weighted by Crippen LogP contribution is -2.24. The minimum atomic E-state index is -0.479. The third-order valence-electron chi connectivity index (χ3n) is 5.75. The summed E-state index contributed by atoms with van der Waals surface area (Å²) in [6.07, 6.45) is 4.10. The molecule has 0 saturated heterocycles. The fraction of sp³-hybridized carbons (Fsp3) is 0.458. The van der Waals surface area contributed by atoms with E-state index in [4.69, 9.17) is 14.2 Å². The van der Waals surface area contributed by atoms with E-state index in [1.165, 1.54) is 7.11 Å². The van der Waals surface area contributed by atoms with Crippen LogP contribution in [0, 0.1) is 0 Å². The van der Waals surface area contributed by atoms with Gasteiger partial charge in [0.05, 0.1) is 27.4 Å². The molecule has 0 aromatic heterocycles. The maximum absolute atomic E-state index is 13.2. The van der Waals surface area contributed by atoms with Crippen molar-refractivity contribution in [3.05, 3.63) is 53.1 Å². The molecule has 1 fully saturated rings. The summed E-state index contributed by atoms with van der Waals surface area (Å²) in [5.74, 6) is 1.32. The molecule has 0 radical (unpaired) electrons. The first-order valence-corrected chi connectivity index (χ1v) is 10.2. The van der Waals surface area contributed by atoms with Gasteiger partial charge in [-0.3, -0.25) is 4.79 Å². The van der Waals surface area contributed by atoms with Gasteiger partial charge in [0.1, 0.15) is 22.8 Å². The minimum absolute atomic E-state index is 0.0447. The van der Waals surface area contributed by atoms with Crippen LogP contribution in [0.5, 0.6) is 17.2 Å². The number of ketones is 1. The van der Waals surface area contributed by atoms with E-state index < -0.39 is 6.10 Å². The van der Waals surface area contributed by atoms with E-state index in [1.807, 2.05) is 30.3 Å². The molecule has 1 aliphatic carbocycles. The molecule has 0 spiro atoms. The highest BCUT2D eigenvalue weighted by Crippen LogP contribution is 2.47. The van der Waals surface area contributed by atoms with E-state index in [9.17, 15) is 9.90 Å². The molecule has 5 nitrogen and oxygen atoms in total. The predicted octanol–water partition coefficient (Wildman–Crippen LogP) is 4.55. The number of carbonyl (C=O) groups is 1. The topological polar surface area (TPSA) is 65.0 Å². The largest absolute Gasteiger partial charge is 0.496 e. The first kappa shape index (κ1) is 21.2. The number of hydrogen-bond donors (Lipinski definition) is 1. The number of carbonyl (C=O) groups excluding carboxylic acids is 1. The zero-order valence-electron chi connectivity index (χ0n) is 17.4. The zero-order chi connectivity index (χ0) is 20.8. The second kappa shape index (κ2) is 9.79. The quantitative estimate of drug-likeness (QED) is 0.661. The molecule has 156 valence electrons. The van der Waals surface area contributed by atoms with Gasteiger partial charge in [-0.15, -0.1) is 0 Å². The first-order valence-electron chi connectivity index (χ1n) is 10.2. The Morgan fingerprint density at radius 3 is 2.31 bits per heavy atom. The van der Waals surface area contributed by atoms with Crippen molar-refractivity contribution in [1.29, 1.82) is 0 Å². The molecular formula is C24H30O5. The molecule has 2 unspecified atom stereocenters. The van der Waals surface area contributed by atoms with Crippen LogP contribution < -0.4 is 14.2 Å². The Balaban J connectivity index is 2.02. The highest BCUT2D eigenvalue weighted by atomic mass is 16.5. The van der Waals surface area contributed by atoms with E-state index >= 15 is 0 Å². The molecule has 0 aliphatic heterocycles. The molecule has 1 N–H and O–H groups in total. The number of rotatable bonds is 8. The summed E-state index contributed by atoms with van der Waals surface area (Å²) in [7, 11) is 4.68. The number of aliphatic hydroxyl groups excluding tert-OH is 1. The highest BCUT2D eigenvalue weighted by molar-refractivity contribution is 6.02. The fourth-order valence-corrected chi connectivity index (χ4v) is 4.26. The van der Waals surface area contributed by atoms with Gasteiger partial charge in [-0.1, -0.05) is 43.2 Å². The second-order valence-electron chi connectivity index (χ2n) is 7.47. The number of hydrogen-bond acceptors (Lipinski definition) is 5. The number of benzene rings is 2. The summed E-state index contributed by atoms with van der Waals surface area (Å²) in [6.45, 7) is 0. The molecule has 2 aromatic carbocycles. The third kappa shape index (κ3) is 4.56. The molecule has 0 amide bonds. The summed E-state index contributed by atoms with van der Waals surface area (Å²) in [5.41, 5.74) is 2.31. The van der Waals surface area contributed by atoms with Gasteiger partial charge >= 0.3 is 0 Å². The van der Waals surface area contributed by atoms with Crippen LogP contribution in [0.25, 0.3) is 0 Å². The predicted molar refractivity (Wildman–Crippen MR) is 112 cm³/mol. The fourth-order valence-electron chi connectivity index (χ4n) is 4.26. The number of methoxy groups -OCH3 is 3. The lowest BCUT2D eigenvalue weighted by atomic mass is 9.79. The number of aliphatic hydroxyl groups is 1. The Kier molecular flexibility index (Phi) is 7.15. The van der Waals surface area contributed by atoms with E-state index in [0.717, 1.165) is 36.8 Å². The molecule has 2 aromatic rings. The van der Waals surface area contributed by atoms with Gasteiger partial charge < -0.3 is 19.3 Å². The molecule has 5 heteroatoms. The third-order valence-corrected chi connectivity index (χ3v) is 5.75. The van der Waals surface area contributed by atoms with E-state index in [0.29, 0.717) is 35.7 Å². The second-order valence-corrected chi connectivity index (χ2v) is 7.47. The average molecular weight is 398 g/mol. The van der Waals surface area contributed by atoms with E-state index in [-0.39, 0.29) is 11.7 Å². The van der Waals surface area contributed by atoms with Crippen LogP contribution in [0.1, 0.15) is 59.5 Å². The van der Waals surface area contributed by atoms with Crippen molar-refractivity contribution in [2.75, 3.05) is 21.3 Å². The van der Waals surface area contributed by atoms with Crippen molar-refractivity contribution in [2.24, 2.45) is 0 Å². The van der Waals surface area contributed by atoms with Gasteiger partial charge in [0.25, 0.3) is 0 Å². The Bertz CT molecular complexity index is 831. The summed E-state index contributed by atoms with van der Waals surface area (Å²) < 4.78 is 16.9. The van der Waals surface area contributed by atoms with Gasteiger partial charge in [0.2, 0.25) is 0 Å². The molecule has 0 heterocycles. The van der Waals surface area contributed by atoms with Crippen LogP contribution in [0.4, 0.5) is 0 Å². The molecule has 0 bridgehead atoms. The average Bonchev–Trinajstić information content (AvgIpc) is 2.77. The van der Waals surface area contributed by atoms with Crippen LogP contribution in [0.3, 0.4) is 0 Å². The van der Waals surface area contributed by atoms with Crippen LogP contribution in [-0.2, 0) is 6.42 Å². The SMILES string of the molecule is COc1cc(OC)c(C2CCCCC2O)c(OC)c1C(=O)CCc1ccccc1. The van der Waals surface area contributed by atoms with E-state index in [2.05, 4.69) is 0 Å². The van der Waals surface area contributed by atoms with Crippen molar-refractivity contribution in [2.45, 2.75) is 50.5 Å². The Morgan fingerprint density at radius 1 is 1.00 bits per heavy atom. The standard InChI is InChI=1S/C24H30O5/c1-27-20-15-21(28-2)23(19(26)14-13-16-9-5-4-6-10-16)24(29-3)22(20)17-11-7-8-12-18(17)25/h4-6,9-10,15,17-18,25H,7-8,11-14H2,1-3H3. The number of ether oxygens (including phenoxy) is 3. The van der Waals surface area contributed by atoms with Gasteiger partial charge in [-0.05, 0) is 24.8 Å². The normalized spacial score (nSPS) is 18.9. The van der Waals surface area contributed by atoms with Gasteiger partial charge in [-0.25, -0.2) is 0 Å². The summed E-state index contributed by atoms with van der Waals surface area (Å²) in [5, 5.41) is 10.6. The summed E-state index contributed by atoms with van der Waals surface area (Å²) in [6, 6.07) is 11.7. The summed E-state index contributed by atoms with van der Waals surface area (Å²) in [4.78, 5) is 13.2. The van der Waals surface area contributed by atoms with E-state index in [1.54, 1.807) is 20.3 Å². The monoisotopic (exact) mass is 398 g/mol. The maximum atomic E-state index is 13.2. The molecule has 2 atom stereocenters. The van der Waals surface area contributed by atoms with Crippen LogP contribution in [0.2, 0.25) is 0 Å². The van der Waals surface area contributed by atoms with Crippen LogP contribution in [0.15, 0.2) is 36.4 Å². The van der Waals surface area contributed by atoms with Crippen molar-refractivity contribution in [3.63, 3.8) is 0 Å². The lowest BCUT2D eigenvalue weighted by molar-refractivity contribution is 0.0966. The highest BCUT2D eigenvalue weighted by Gasteiger charge is 2.34. The van der Waals surface area contributed by atoms with Crippen LogP contribution in [-0.4, -0.2) is 38.3 Å². The van der Waals surface area contributed by atoms with Gasteiger partial charge in [-0.2, -0.15) is 0 Å². The van der Waals surface area contributed by atoms with Crippen molar-refractivity contribution >= 4 is 5.78 Å². The number of aryl methyl sites for hydroxylation is 1. The van der Waals surface area contributed by atoms with Crippen molar-refractivity contribution in [3.8, 4) is 17.2 Å². The van der Waals surface area contributed by atoms with Crippen molar-refractivity contribution < 1.29 is 24.1 Å².